The molecule has 0 saturated heterocycles. The molecule has 1 heterocycles. The van der Waals surface area contributed by atoms with E-state index in [9.17, 15) is 0 Å². The van der Waals surface area contributed by atoms with Gasteiger partial charge in [0.05, 0.1) is 15.9 Å². The average Bonchev–Trinajstić information content (AvgIpc) is 2.51. The molecule has 1 rings (SSSR count). The zero-order chi connectivity index (χ0) is 12.3. The van der Waals surface area contributed by atoms with Gasteiger partial charge in [0, 0.05) is 19.6 Å². The van der Waals surface area contributed by atoms with Gasteiger partial charge in [-0.25, -0.2) is 0 Å². The normalized spacial score (nSPS) is 11.8. The minimum absolute atomic E-state index is 0.567. The summed E-state index contributed by atoms with van der Waals surface area (Å²) in [6.45, 7) is 10.8. The van der Waals surface area contributed by atoms with Gasteiger partial charge in [-0.15, -0.1) is 0 Å². The van der Waals surface area contributed by atoms with Crippen molar-refractivity contribution in [2.75, 3.05) is 6.54 Å². The number of rotatable bonds is 5. The lowest BCUT2D eigenvalue weighted by atomic mass is 10.2. The summed E-state index contributed by atoms with van der Waals surface area (Å²) in [4.78, 5) is 2.43. The van der Waals surface area contributed by atoms with Gasteiger partial charge in [-0.2, -0.15) is 5.10 Å². The van der Waals surface area contributed by atoms with E-state index < -0.39 is 0 Å². The monoisotopic (exact) mass is 287 g/mol. The van der Waals surface area contributed by atoms with E-state index in [-0.39, 0.29) is 0 Å². The fourth-order valence-electron chi connectivity index (χ4n) is 1.84. The summed E-state index contributed by atoms with van der Waals surface area (Å²) < 4.78 is 3.17. The molecule has 0 aromatic carbocycles. The highest BCUT2D eigenvalue weighted by Gasteiger charge is 2.16. The van der Waals surface area contributed by atoms with Crippen LogP contribution in [0.5, 0.6) is 0 Å². The Morgan fingerprint density at radius 1 is 1.38 bits per heavy atom. The highest BCUT2D eigenvalue weighted by atomic mass is 79.9. The molecule has 0 aliphatic rings. The van der Waals surface area contributed by atoms with E-state index in [0.29, 0.717) is 6.04 Å². The molecule has 0 aliphatic carbocycles. The molecular formula is C12H22BrN3. The lowest BCUT2D eigenvalue weighted by Crippen LogP contribution is -2.30. The zero-order valence-electron chi connectivity index (χ0n) is 10.9. The molecule has 0 fully saturated rings. The first-order valence-corrected chi connectivity index (χ1v) is 6.74. The van der Waals surface area contributed by atoms with Crippen LogP contribution in [-0.2, 0) is 20.0 Å². The molecule has 0 spiro atoms. The molecule has 1 aromatic heterocycles. The number of aryl methyl sites for hydroxylation is 2. The van der Waals surface area contributed by atoms with Crippen LogP contribution >= 0.6 is 15.9 Å². The smallest absolute Gasteiger partial charge is 0.0767 e. The molecule has 0 saturated carbocycles. The molecule has 0 atom stereocenters. The molecule has 16 heavy (non-hydrogen) atoms. The summed E-state index contributed by atoms with van der Waals surface area (Å²) in [6, 6.07) is 0.567. The summed E-state index contributed by atoms with van der Waals surface area (Å²) in [5, 5.41) is 4.52. The SMILES string of the molecule is CCc1nn(C)c(CN(CC)C(C)C)c1Br. The zero-order valence-corrected chi connectivity index (χ0v) is 12.5. The second-order valence-corrected chi connectivity index (χ2v) is 5.13. The summed E-state index contributed by atoms with van der Waals surface area (Å²) in [7, 11) is 2.02. The van der Waals surface area contributed by atoms with Crippen LogP contribution in [0.1, 0.15) is 39.1 Å². The van der Waals surface area contributed by atoms with E-state index in [4.69, 9.17) is 0 Å². The fourth-order valence-corrected chi connectivity index (χ4v) is 2.59. The van der Waals surface area contributed by atoms with Crippen LogP contribution in [0.15, 0.2) is 4.47 Å². The molecule has 92 valence electrons. The van der Waals surface area contributed by atoms with E-state index in [1.165, 1.54) is 10.2 Å². The Hall–Kier alpha value is -0.350. The van der Waals surface area contributed by atoms with Crippen molar-refractivity contribution < 1.29 is 0 Å². The van der Waals surface area contributed by atoms with Crippen LogP contribution in [0.2, 0.25) is 0 Å². The van der Waals surface area contributed by atoms with Gasteiger partial charge in [0.1, 0.15) is 0 Å². The third-order valence-electron chi connectivity index (χ3n) is 2.99. The second-order valence-electron chi connectivity index (χ2n) is 4.34. The van der Waals surface area contributed by atoms with Gasteiger partial charge in [-0.05, 0) is 42.7 Å². The van der Waals surface area contributed by atoms with Gasteiger partial charge in [-0.3, -0.25) is 9.58 Å². The standard InChI is InChI=1S/C12H22BrN3/c1-6-10-12(13)11(15(5)14-10)8-16(7-2)9(3)4/h9H,6-8H2,1-5H3. The Morgan fingerprint density at radius 2 is 2.00 bits per heavy atom. The van der Waals surface area contributed by atoms with E-state index in [0.717, 1.165) is 25.2 Å². The van der Waals surface area contributed by atoms with E-state index in [2.05, 4.69) is 53.6 Å². The molecule has 0 aliphatic heterocycles. The predicted molar refractivity (Wildman–Crippen MR) is 71.5 cm³/mol. The van der Waals surface area contributed by atoms with Crippen LogP contribution in [-0.4, -0.2) is 27.3 Å². The van der Waals surface area contributed by atoms with Crippen molar-refractivity contribution in [3.05, 3.63) is 15.9 Å². The van der Waals surface area contributed by atoms with E-state index >= 15 is 0 Å². The van der Waals surface area contributed by atoms with Crippen LogP contribution < -0.4 is 0 Å². The van der Waals surface area contributed by atoms with Crippen molar-refractivity contribution in [3.63, 3.8) is 0 Å². The minimum atomic E-state index is 0.567. The van der Waals surface area contributed by atoms with Crippen molar-refractivity contribution in [2.24, 2.45) is 7.05 Å². The number of hydrogen-bond acceptors (Lipinski definition) is 2. The first-order chi connectivity index (χ1) is 7.51. The highest BCUT2D eigenvalue weighted by Crippen LogP contribution is 2.23. The Morgan fingerprint density at radius 3 is 2.38 bits per heavy atom. The lowest BCUT2D eigenvalue weighted by Gasteiger charge is -2.24. The molecular weight excluding hydrogens is 266 g/mol. The van der Waals surface area contributed by atoms with E-state index in [1.54, 1.807) is 0 Å². The largest absolute Gasteiger partial charge is 0.295 e. The maximum atomic E-state index is 4.52. The second kappa shape index (κ2) is 5.82. The first-order valence-electron chi connectivity index (χ1n) is 5.95. The number of aromatic nitrogens is 2. The summed E-state index contributed by atoms with van der Waals surface area (Å²) in [6.07, 6.45) is 0.974. The van der Waals surface area contributed by atoms with Crippen molar-refractivity contribution in [1.29, 1.82) is 0 Å². The Labute approximate surface area is 107 Å². The third kappa shape index (κ3) is 2.86. The van der Waals surface area contributed by atoms with Crippen molar-refractivity contribution in [3.8, 4) is 0 Å². The quantitative estimate of drug-likeness (QED) is 0.830. The average molecular weight is 288 g/mol. The molecule has 1 aromatic rings. The van der Waals surface area contributed by atoms with E-state index in [1.807, 2.05) is 11.7 Å². The molecule has 0 bridgehead atoms. The van der Waals surface area contributed by atoms with Gasteiger partial charge >= 0.3 is 0 Å². The van der Waals surface area contributed by atoms with Gasteiger partial charge in [0.25, 0.3) is 0 Å². The Kier molecular flexibility index (Phi) is 4.99. The minimum Gasteiger partial charge on any atom is -0.295 e. The lowest BCUT2D eigenvalue weighted by molar-refractivity contribution is 0.219. The molecule has 0 N–H and O–H groups in total. The molecule has 0 unspecified atom stereocenters. The van der Waals surface area contributed by atoms with Crippen LogP contribution in [0.3, 0.4) is 0 Å². The van der Waals surface area contributed by atoms with Crippen LogP contribution in [0.4, 0.5) is 0 Å². The van der Waals surface area contributed by atoms with Crippen LogP contribution in [0.25, 0.3) is 0 Å². The maximum absolute atomic E-state index is 4.52. The predicted octanol–water partition coefficient (Wildman–Crippen LogP) is 2.98. The van der Waals surface area contributed by atoms with Crippen molar-refractivity contribution in [1.82, 2.24) is 14.7 Å². The molecule has 4 heteroatoms. The maximum Gasteiger partial charge on any atom is 0.0767 e. The van der Waals surface area contributed by atoms with Crippen molar-refractivity contribution >= 4 is 15.9 Å². The van der Waals surface area contributed by atoms with Gasteiger partial charge in [-0.1, -0.05) is 13.8 Å². The number of hydrogen-bond donors (Lipinski definition) is 0. The van der Waals surface area contributed by atoms with Gasteiger partial charge < -0.3 is 0 Å². The number of halogens is 1. The highest BCUT2D eigenvalue weighted by molar-refractivity contribution is 9.10. The van der Waals surface area contributed by atoms with Gasteiger partial charge in [0.15, 0.2) is 0 Å². The molecule has 3 nitrogen and oxygen atoms in total. The fraction of sp³-hybridized carbons (Fsp3) is 0.750. The summed E-state index contributed by atoms with van der Waals surface area (Å²) >= 11 is 3.66. The van der Waals surface area contributed by atoms with Gasteiger partial charge in [0.2, 0.25) is 0 Å². The molecule has 0 amide bonds. The first kappa shape index (κ1) is 13.7. The van der Waals surface area contributed by atoms with Crippen molar-refractivity contribution in [2.45, 2.75) is 46.7 Å². The van der Waals surface area contributed by atoms with Crippen LogP contribution in [0, 0.1) is 0 Å². The molecule has 0 radical (unpaired) electrons. The third-order valence-corrected chi connectivity index (χ3v) is 3.91. The Bertz CT molecular complexity index is 344. The summed E-state index contributed by atoms with van der Waals surface area (Å²) in [5.41, 5.74) is 2.42. The summed E-state index contributed by atoms with van der Waals surface area (Å²) in [5.74, 6) is 0. The Balaban J connectivity index is 2.91. The number of nitrogens with zero attached hydrogens (tertiary/aromatic N) is 3. The topological polar surface area (TPSA) is 21.1 Å².